The lowest BCUT2D eigenvalue weighted by molar-refractivity contribution is -0.142. The number of halogens is 2. The molecule has 0 bridgehead atoms. The summed E-state index contributed by atoms with van der Waals surface area (Å²) in [6.07, 6.45) is 5.70. The molecule has 1 unspecified atom stereocenters. The summed E-state index contributed by atoms with van der Waals surface area (Å²) in [5, 5.41) is 7.74. The van der Waals surface area contributed by atoms with E-state index in [1.807, 2.05) is 26.0 Å². The van der Waals surface area contributed by atoms with E-state index in [1.54, 1.807) is 24.2 Å². The lowest BCUT2D eigenvalue weighted by Crippen LogP contribution is -2.55. The minimum Gasteiger partial charge on any atom is -0.346 e. The summed E-state index contributed by atoms with van der Waals surface area (Å²) in [6, 6.07) is 1.65. The van der Waals surface area contributed by atoms with E-state index < -0.39 is 23.9 Å². The fourth-order valence-corrected chi connectivity index (χ4v) is 6.72. The first-order valence-corrected chi connectivity index (χ1v) is 14.2. The average molecular weight is 565 g/mol. The molecule has 4 atom stereocenters. The van der Waals surface area contributed by atoms with Crippen LogP contribution in [-0.2, 0) is 16.1 Å². The van der Waals surface area contributed by atoms with Gasteiger partial charge in [0.25, 0.3) is 5.92 Å². The van der Waals surface area contributed by atoms with Gasteiger partial charge in [-0.05, 0) is 68.2 Å². The van der Waals surface area contributed by atoms with Crippen molar-refractivity contribution in [2.24, 2.45) is 5.41 Å². The summed E-state index contributed by atoms with van der Waals surface area (Å²) in [5.74, 6) is -3.38. The van der Waals surface area contributed by atoms with Gasteiger partial charge in [0.15, 0.2) is 5.78 Å². The Kier molecular flexibility index (Phi) is 6.46. The largest absolute Gasteiger partial charge is 0.346 e. The first kappa shape index (κ1) is 27.4. The Balaban J connectivity index is 1.29. The van der Waals surface area contributed by atoms with Crippen LogP contribution in [0.25, 0.3) is 22.0 Å². The summed E-state index contributed by atoms with van der Waals surface area (Å²) >= 11 is 0. The standard InChI is InChI=1S/C30H34F2N6O3/c1-16-9-19(20-13-33-18(3)34-14-20)10-21-26(17(2)39)36-37(27(16)21)15-25(40)38-22(11-29(4)12-24(29)38)28(41)35-23-7-5-6-8-30(23,31)32/h9-10,13-14,22-24H,5-8,11-12,15H2,1-4H3,(H,35,41)/t22-,23+,24?,29-/m0/s1. The third kappa shape index (κ3) is 4.78. The Morgan fingerprint density at radius 3 is 2.49 bits per heavy atom. The van der Waals surface area contributed by atoms with Gasteiger partial charge < -0.3 is 10.2 Å². The molecule has 2 amide bonds. The zero-order valence-electron chi connectivity index (χ0n) is 23.7. The van der Waals surface area contributed by atoms with Crippen molar-refractivity contribution in [1.82, 2.24) is 30.0 Å². The van der Waals surface area contributed by atoms with Crippen LogP contribution >= 0.6 is 0 Å². The summed E-state index contributed by atoms with van der Waals surface area (Å²) < 4.78 is 30.5. The highest BCUT2D eigenvalue weighted by atomic mass is 19.3. The predicted octanol–water partition coefficient (Wildman–Crippen LogP) is 4.39. The number of piperidine rings is 1. The van der Waals surface area contributed by atoms with E-state index in [2.05, 4.69) is 20.4 Å². The van der Waals surface area contributed by atoms with Crippen LogP contribution in [-0.4, -0.2) is 66.3 Å². The molecule has 2 aliphatic carbocycles. The predicted molar refractivity (Wildman–Crippen MR) is 147 cm³/mol. The highest BCUT2D eigenvalue weighted by Crippen LogP contribution is 2.59. The summed E-state index contributed by atoms with van der Waals surface area (Å²) in [7, 11) is 0. The number of aromatic nitrogens is 4. The molecule has 0 radical (unpaired) electrons. The third-order valence-electron chi connectivity index (χ3n) is 9.07. The Morgan fingerprint density at radius 2 is 1.80 bits per heavy atom. The number of rotatable bonds is 6. The molecule has 3 fully saturated rings. The van der Waals surface area contributed by atoms with Gasteiger partial charge in [0, 0.05) is 42.7 Å². The van der Waals surface area contributed by atoms with Gasteiger partial charge in [-0.2, -0.15) is 5.10 Å². The van der Waals surface area contributed by atoms with Crippen molar-refractivity contribution >= 4 is 28.5 Å². The number of carbonyl (C=O) groups excluding carboxylic acids is 3. The second-order valence-corrected chi connectivity index (χ2v) is 12.2. The number of Topliss-reactive ketones (excluding diaryl/α,β-unsaturated/α-hetero) is 1. The first-order chi connectivity index (χ1) is 19.4. The Bertz CT molecular complexity index is 1570. The van der Waals surface area contributed by atoms with Crippen LogP contribution in [0.1, 0.15) is 74.2 Å². The number of fused-ring (bicyclic) bond motifs is 2. The topological polar surface area (TPSA) is 110 Å². The number of hydrogen-bond donors (Lipinski definition) is 1. The molecule has 3 aliphatic rings. The molecule has 0 spiro atoms. The maximum atomic E-state index is 14.5. The highest BCUT2D eigenvalue weighted by molar-refractivity contribution is 6.07. The third-order valence-corrected chi connectivity index (χ3v) is 9.07. The summed E-state index contributed by atoms with van der Waals surface area (Å²) in [6.45, 7) is 6.98. The minimum absolute atomic E-state index is 0.124. The quantitative estimate of drug-likeness (QED) is 0.445. The molecule has 6 rings (SSSR count). The average Bonchev–Trinajstić information content (AvgIpc) is 3.26. The van der Waals surface area contributed by atoms with Gasteiger partial charge in [-0.15, -0.1) is 0 Å². The van der Waals surface area contributed by atoms with Crippen LogP contribution in [0, 0.1) is 19.3 Å². The van der Waals surface area contributed by atoms with Crippen molar-refractivity contribution < 1.29 is 23.2 Å². The second kappa shape index (κ2) is 9.66. The Labute approximate surface area is 236 Å². The molecule has 1 aromatic carbocycles. The molecule has 11 heteroatoms. The second-order valence-electron chi connectivity index (χ2n) is 12.2. The smallest absolute Gasteiger partial charge is 0.267 e. The number of likely N-dealkylation sites (tertiary alicyclic amines) is 1. The summed E-state index contributed by atoms with van der Waals surface area (Å²) in [5.41, 5.74) is 3.13. The molecule has 2 aromatic heterocycles. The lowest BCUT2D eigenvalue weighted by Gasteiger charge is -2.34. The van der Waals surface area contributed by atoms with E-state index in [0.717, 1.165) is 23.1 Å². The van der Waals surface area contributed by atoms with Gasteiger partial charge in [-0.1, -0.05) is 13.3 Å². The monoisotopic (exact) mass is 564 g/mol. The van der Waals surface area contributed by atoms with Crippen molar-refractivity contribution in [3.05, 3.63) is 41.6 Å². The number of carbonyl (C=O) groups is 3. The Morgan fingerprint density at radius 1 is 1.07 bits per heavy atom. The maximum absolute atomic E-state index is 14.5. The Hall–Kier alpha value is -3.76. The van der Waals surface area contributed by atoms with Crippen molar-refractivity contribution in [3.63, 3.8) is 0 Å². The molecule has 41 heavy (non-hydrogen) atoms. The number of aryl methyl sites for hydroxylation is 2. The summed E-state index contributed by atoms with van der Waals surface area (Å²) in [4.78, 5) is 49.8. The van der Waals surface area contributed by atoms with Gasteiger partial charge in [-0.3, -0.25) is 19.1 Å². The van der Waals surface area contributed by atoms with Crippen LogP contribution < -0.4 is 5.32 Å². The maximum Gasteiger partial charge on any atom is 0.267 e. The van der Waals surface area contributed by atoms with E-state index in [-0.39, 0.29) is 48.2 Å². The van der Waals surface area contributed by atoms with Crippen molar-refractivity contribution in [2.75, 3.05) is 0 Å². The van der Waals surface area contributed by atoms with Crippen LogP contribution in [0.2, 0.25) is 0 Å². The van der Waals surface area contributed by atoms with E-state index in [4.69, 9.17) is 0 Å². The number of alkyl halides is 2. The zero-order valence-corrected chi connectivity index (χ0v) is 23.7. The van der Waals surface area contributed by atoms with E-state index in [9.17, 15) is 23.2 Å². The van der Waals surface area contributed by atoms with Crippen molar-refractivity contribution in [1.29, 1.82) is 0 Å². The first-order valence-electron chi connectivity index (χ1n) is 14.2. The normalized spacial score (nSPS) is 26.6. The number of nitrogens with one attached hydrogen (secondary N) is 1. The SMILES string of the molecule is CC(=O)c1nn(CC(=O)N2C3C[C@]3(C)C[C@H]2C(=O)N[C@@H]2CCCCC2(F)F)c2c(C)cc(-c3cnc(C)nc3)cc12. The zero-order chi connectivity index (χ0) is 29.3. The fraction of sp³-hybridized carbons (Fsp3) is 0.533. The molecule has 3 heterocycles. The number of amides is 2. The van der Waals surface area contributed by atoms with Crippen molar-refractivity contribution in [3.8, 4) is 11.1 Å². The number of nitrogens with zero attached hydrogens (tertiary/aromatic N) is 5. The lowest BCUT2D eigenvalue weighted by atomic mass is 9.91. The van der Waals surface area contributed by atoms with Gasteiger partial charge >= 0.3 is 0 Å². The van der Waals surface area contributed by atoms with Gasteiger partial charge in [0.05, 0.1) is 11.6 Å². The molecule has 1 N–H and O–H groups in total. The molecule has 1 saturated heterocycles. The highest BCUT2D eigenvalue weighted by Gasteiger charge is 2.64. The van der Waals surface area contributed by atoms with Gasteiger partial charge in [-0.25, -0.2) is 18.7 Å². The van der Waals surface area contributed by atoms with E-state index in [1.165, 1.54) is 11.6 Å². The molecular weight excluding hydrogens is 530 g/mol. The number of benzene rings is 1. The molecule has 3 aromatic rings. The van der Waals surface area contributed by atoms with E-state index in [0.29, 0.717) is 36.0 Å². The van der Waals surface area contributed by atoms with Crippen LogP contribution in [0.3, 0.4) is 0 Å². The molecule has 1 aliphatic heterocycles. The van der Waals surface area contributed by atoms with Crippen LogP contribution in [0.4, 0.5) is 8.78 Å². The fourth-order valence-electron chi connectivity index (χ4n) is 6.72. The number of ketones is 1. The number of hydrogen-bond acceptors (Lipinski definition) is 6. The van der Waals surface area contributed by atoms with Gasteiger partial charge in [0.2, 0.25) is 11.8 Å². The van der Waals surface area contributed by atoms with Crippen molar-refractivity contribution in [2.45, 2.75) is 96.8 Å². The molecule has 216 valence electrons. The minimum atomic E-state index is -2.95. The molecule has 9 nitrogen and oxygen atoms in total. The van der Waals surface area contributed by atoms with Gasteiger partial charge in [0.1, 0.15) is 24.1 Å². The van der Waals surface area contributed by atoms with Crippen LogP contribution in [0.15, 0.2) is 24.5 Å². The molecule has 2 saturated carbocycles. The van der Waals surface area contributed by atoms with E-state index >= 15 is 0 Å². The van der Waals surface area contributed by atoms with Crippen LogP contribution in [0.5, 0.6) is 0 Å². The molecular formula is C30H34F2N6O3.